The maximum Gasteiger partial charge on any atom is 0.274 e. The number of benzene rings is 2. The van der Waals surface area contributed by atoms with Crippen LogP contribution < -0.4 is 10.1 Å². The number of aryl methyl sites for hydroxylation is 1. The molecule has 2 atom stereocenters. The molecule has 2 aliphatic rings. The molecule has 42 heavy (non-hydrogen) atoms. The Morgan fingerprint density at radius 2 is 2.02 bits per heavy atom. The van der Waals surface area contributed by atoms with Gasteiger partial charge in [-0.3, -0.25) is 14.0 Å². The number of sulfonamides is 1. The smallest absolute Gasteiger partial charge is 0.274 e. The highest BCUT2D eigenvalue weighted by Gasteiger charge is 2.38. The second-order valence-corrected chi connectivity index (χ2v) is 14.2. The Morgan fingerprint density at radius 3 is 2.81 bits per heavy atom. The lowest BCUT2D eigenvalue weighted by atomic mass is 9.98. The zero-order valence-electron chi connectivity index (χ0n) is 24.0. The summed E-state index contributed by atoms with van der Waals surface area (Å²) in [6.45, 7) is 7.51. The van der Waals surface area contributed by atoms with Crippen LogP contribution in [0.2, 0.25) is 0 Å². The number of nitrogens with zero attached hydrogens (tertiary/aromatic N) is 5. The molecule has 220 valence electrons. The van der Waals surface area contributed by atoms with Crippen LogP contribution in [0.5, 0.6) is 5.75 Å². The van der Waals surface area contributed by atoms with Gasteiger partial charge < -0.3 is 10.1 Å². The fourth-order valence-corrected chi connectivity index (χ4v) is 8.75. The average Bonchev–Trinajstić information content (AvgIpc) is 3.58. The van der Waals surface area contributed by atoms with Crippen molar-refractivity contribution in [2.24, 2.45) is 0 Å². The fourth-order valence-electron chi connectivity index (χ4n) is 5.45. The van der Waals surface area contributed by atoms with E-state index in [1.165, 1.54) is 29.3 Å². The number of amides is 1. The van der Waals surface area contributed by atoms with Gasteiger partial charge in [-0.25, -0.2) is 13.1 Å². The molecule has 0 aliphatic carbocycles. The summed E-state index contributed by atoms with van der Waals surface area (Å²) in [5.74, 6) is 0.426. The number of carbonyl (C=O) groups is 1. The van der Waals surface area contributed by atoms with Crippen molar-refractivity contribution in [2.75, 3.05) is 13.7 Å². The summed E-state index contributed by atoms with van der Waals surface area (Å²) in [5.41, 5.74) is 3.41. The van der Waals surface area contributed by atoms with Crippen molar-refractivity contribution >= 4 is 37.4 Å². The van der Waals surface area contributed by atoms with Crippen LogP contribution in [0.15, 0.2) is 65.3 Å². The molecule has 2 unspecified atom stereocenters. The molecule has 2 aromatic carbocycles. The molecule has 2 aromatic heterocycles. The zero-order valence-corrected chi connectivity index (χ0v) is 25.7. The Kier molecular flexibility index (Phi) is 7.54. The predicted octanol–water partition coefficient (Wildman–Crippen LogP) is 4.22. The second-order valence-electron chi connectivity index (χ2n) is 11.1. The van der Waals surface area contributed by atoms with Crippen LogP contribution in [0.4, 0.5) is 0 Å². The van der Waals surface area contributed by atoms with Gasteiger partial charge in [-0.15, -0.1) is 16.4 Å². The van der Waals surface area contributed by atoms with Gasteiger partial charge in [0.1, 0.15) is 16.0 Å². The minimum absolute atomic E-state index is 0.0759. The largest absolute Gasteiger partial charge is 0.493 e. The summed E-state index contributed by atoms with van der Waals surface area (Å²) in [7, 11) is -1.90. The molecule has 2 aliphatic heterocycles. The average molecular weight is 607 g/mol. The van der Waals surface area contributed by atoms with Gasteiger partial charge in [0.15, 0.2) is 0 Å². The third kappa shape index (κ3) is 5.18. The number of fused-ring (bicyclic) bond motifs is 2. The van der Waals surface area contributed by atoms with Gasteiger partial charge in [0.05, 0.1) is 18.3 Å². The van der Waals surface area contributed by atoms with Crippen LogP contribution in [0.1, 0.15) is 48.7 Å². The number of hydrogen-bond acceptors (Lipinski definition) is 8. The SMILES string of the molecule is Cc1c(S(=O)(=O)N2C=CNC(=O)C2Cc2cn(C3CCOc4cc(CN(C)C(C)C)ccc43)nn2)sc2ccccc12. The molecule has 0 spiro atoms. The molecule has 12 heteroatoms. The van der Waals surface area contributed by atoms with Gasteiger partial charge in [0, 0.05) is 54.3 Å². The van der Waals surface area contributed by atoms with E-state index in [4.69, 9.17) is 4.74 Å². The van der Waals surface area contributed by atoms with Crippen LogP contribution in [0.3, 0.4) is 0 Å². The van der Waals surface area contributed by atoms with Crippen molar-refractivity contribution in [2.45, 2.75) is 62.5 Å². The summed E-state index contributed by atoms with van der Waals surface area (Å²) < 4.78 is 37.9. The summed E-state index contributed by atoms with van der Waals surface area (Å²) in [4.78, 5) is 15.3. The van der Waals surface area contributed by atoms with E-state index in [-0.39, 0.29) is 16.7 Å². The standard InChI is InChI=1S/C30H34N6O4S2/c1-19(2)34(4)17-21-9-10-24-25(11-14-40-27(24)15-21)35-18-22(32-33-35)16-26-29(37)31-12-13-36(26)42(38,39)30-20(3)23-7-5-6-8-28(23)41-30/h5-10,12-13,15,18-19,25-26H,11,14,16-17H2,1-4H3,(H,31,37). The van der Waals surface area contributed by atoms with Gasteiger partial charge in [-0.1, -0.05) is 35.5 Å². The number of rotatable bonds is 8. The molecular weight excluding hydrogens is 573 g/mol. The topological polar surface area (TPSA) is 110 Å². The first-order chi connectivity index (χ1) is 20.1. The maximum atomic E-state index is 13.9. The van der Waals surface area contributed by atoms with E-state index >= 15 is 0 Å². The lowest BCUT2D eigenvalue weighted by molar-refractivity contribution is -0.124. The lowest BCUT2D eigenvalue weighted by Crippen LogP contribution is -2.50. The van der Waals surface area contributed by atoms with E-state index in [0.717, 1.165) is 38.7 Å². The molecule has 0 saturated carbocycles. The first kappa shape index (κ1) is 28.4. The fraction of sp³-hybridized carbons (Fsp3) is 0.367. The van der Waals surface area contributed by atoms with E-state index in [0.29, 0.717) is 23.9 Å². The van der Waals surface area contributed by atoms with E-state index in [2.05, 4.69) is 59.6 Å². The quantitative estimate of drug-likeness (QED) is 0.320. The Bertz CT molecular complexity index is 1780. The highest BCUT2D eigenvalue weighted by atomic mass is 32.2. The number of hydrogen-bond donors (Lipinski definition) is 1. The third-order valence-corrected chi connectivity index (χ3v) is 11.7. The summed E-state index contributed by atoms with van der Waals surface area (Å²) in [5, 5.41) is 12.3. The molecule has 4 heterocycles. The van der Waals surface area contributed by atoms with Gasteiger partial charge >= 0.3 is 0 Å². The maximum absolute atomic E-state index is 13.9. The van der Waals surface area contributed by atoms with Gasteiger partial charge in [0.25, 0.3) is 10.0 Å². The Morgan fingerprint density at radius 1 is 1.21 bits per heavy atom. The van der Waals surface area contributed by atoms with Crippen LogP contribution in [0.25, 0.3) is 10.1 Å². The molecule has 1 N–H and O–H groups in total. The first-order valence-electron chi connectivity index (χ1n) is 14.0. The number of nitrogens with one attached hydrogen (secondary N) is 1. The molecule has 6 rings (SSSR count). The Hall–Kier alpha value is -3.74. The van der Waals surface area contributed by atoms with Crippen LogP contribution in [0, 0.1) is 6.92 Å². The molecule has 10 nitrogen and oxygen atoms in total. The molecule has 1 amide bonds. The molecule has 0 bridgehead atoms. The number of ether oxygens (including phenoxy) is 1. The van der Waals surface area contributed by atoms with Crippen molar-refractivity contribution < 1.29 is 17.9 Å². The number of aromatic nitrogens is 3. The second kappa shape index (κ2) is 11.2. The van der Waals surface area contributed by atoms with E-state index in [1.54, 1.807) is 17.8 Å². The van der Waals surface area contributed by atoms with Crippen molar-refractivity contribution in [1.29, 1.82) is 0 Å². The summed E-state index contributed by atoms with van der Waals surface area (Å²) >= 11 is 1.21. The lowest BCUT2D eigenvalue weighted by Gasteiger charge is -2.30. The Balaban J connectivity index is 1.25. The van der Waals surface area contributed by atoms with Crippen molar-refractivity contribution in [3.05, 3.63) is 83.4 Å². The highest BCUT2D eigenvalue weighted by molar-refractivity contribution is 7.91. The highest BCUT2D eigenvalue weighted by Crippen LogP contribution is 2.38. The van der Waals surface area contributed by atoms with Gasteiger partial charge in [-0.2, -0.15) is 0 Å². The molecule has 4 aromatic rings. The van der Waals surface area contributed by atoms with Crippen molar-refractivity contribution in [1.82, 2.24) is 29.5 Å². The number of carbonyl (C=O) groups excluding carboxylic acids is 1. The zero-order chi connectivity index (χ0) is 29.6. The number of thiophene rings is 1. The monoisotopic (exact) mass is 606 g/mol. The molecule has 0 radical (unpaired) electrons. The van der Waals surface area contributed by atoms with Crippen LogP contribution in [-0.2, 0) is 27.8 Å². The van der Waals surface area contributed by atoms with E-state index in [1.807, 2.05) is 24.3 Å². The summed E-state index contributed by atoms with van der Waals surface area (Å²) in [6.07, 6.45) is 5.39. The van der Waals surface area contributed by atoms with Gasteiger partial charge in [0.2, 0.25) is 5.91 Å². The Labute approximate surface area is 249 Å². The first-order valence-corrected chi connectivity index (χ1v) is 16.2. The minimum atomic E-state index is -4.00. The van der Waals surface area contributed by atoms with E-state index in [9.17, 15) is 13.2 Å². The molecule has 0 fully saturated rings. The normalized spacial score (nSPS) is 18.9. The van der Waals surface area contributed by atoms with Crippen LogP contribution >= 0.6 is 11.3 Å². The van der Waals surface area contributed by atoms with Crippen molar-refractivity contribution in [3.63, 3.8) is 0 Å². The molecule has 0 saturated heterocycles. The summed E-state index contributed by atoms with van der Waals surface area (Å²) in [6, 6.07) is 13.2. The van der Waals surface area contributed by atoms with E-state index < -0.39 is 22.0 Å². The van der Waals surface area contributed by atoms with Crippen LogP contribution in [-0.4, -0.2) is 64.3 Å². The molecular formula is C30H34N6O4S2. The third-order valence-electron chi connectivity index (χ3n) is 8.05. The van der Waals surface area contributed by atoms with Gasteiger partial charge in [-0.05, 0) is 56.5 Å². The minimum Gasteiger partial charge on any atom is -0.493 e. The predicted molar refractivity (Wildman–Crippen MR) is 162 cm³/mol. The van der Waals surface area contributed by atoms with Crippen molar-refractivity contribution in [3.8, 4) is 5.75 Å².